The molecule has 1 atom stereocenters. The monoisotopic (exact) mass is 252 g/mol. The molecule has 0 aromatic carbocycles. The lowest BCUT2D eigenvalue weighted by molar-refractivity contribution is 0.0697. The molecule has 2 N–H and O–H groups in total. The molecule has 0 saturated carbocycles. The molecule has 0 radical (unpaired) electrons. The molecule has 100 valence electrons. The lowest BCUT2D eigenvalue weighted by Gasteiger charge is -2.23. The van der Waals surface area contributed by atoms with Crippen molar-refractivity contribution in [1.29, 1.82) is 0 Å². The summed E-state index contributed by atoms with van der Waals surface area (Å²) in [4.78, 5) is 15.4. The predicted octanol–water partition coefficient (Wildman–Crippen LogP) is 2.17. The van der Waals surface area contributed by atoms with Crippen LogP contribution in [0.1, 0.15) is 29.9 Å². The molecule has 0 fully saturated rings. The first-order chi connectivity index (χ1) is 8.45. The fourth-order valence-corrected chi connectivity index (χ4v) is 1.60. The van der Waals surface area contributed by atoms with Gasteiger partial charge in [0.25, 0.3) is 0 Å². The second-order valence-corrected chi connectivity index (χ2v) is 4.60. The Bertz CT molecular complexity index is 419. The SMILES string of the molecule is COCC(Nc1nc(C)ccc1C(=O)O)C(C)C. The smallest absolute Gasteiger partial charge is 0.339 e. The van der Waals surface area contributed by atoms with E-state index < -0.39 is 5.97 Å². The normalized spacial score (nSPS) is 12.5. The highest BCUT2D eigenvalue weighted by molar-refractivity contribution is 5.93. The minimum Gasteiger partial charge on any atom is -0.478 e. The van der Waals surface area contributed by atoms with E-state index in [1.54, 1.807) is 19.2 Å². The van der Waals surface area contributed by atoms with Gasteiger partial charge in [0.15, 0.2) is 0 Å². The Morgan fingerprint density at radius 3 is 2.67 bits per heavy atom. The number of carboxylic acids is 1. The second-order valence-electron chi connectivity index (χ2n) is 4.60. The number of pyridine rings is 1. The van der Waals surface area contributed by atoms with Crippen LogP contribution in [0.3, 0.4) is 0 Å². The van der Waals surface area contributed by atoms with E-state index in [1.807, 2.05) is 20.8 Å². The number of rotatable bonds is 6. The van der Waals surface area contributed by atoms with Gasteiger partial charge in [-0.2, -0.15) is 0 Å². The number of nitrogens with zero attached hydrogens (tertiary/aromatic N) is 1. The number of hydrogen-bond acceptors (Lipinski definition) is 4. The van der Waals surface area contributed by atoms with Gasteiger partial charge >= 0.3 is 5.97 Å². The summed E-state index contributed by atoms with van der Waals surface area (Å²) in [5, 5.41) is 12.3. The van der Waals surface area contributed by atoms with Gasteiger partial charge in [-0.05, 0) is 25.0 Å². The van der Waals surface area contributed by atoms with Crippen molar-refractivity contribution in [3.63, 3.8) is 0 Å². The maximum atomic E-state index is 11.1. The third-order valence-corrected chi connectivity index (χ3v) is 2.74. The van der Waals surface area contributed by atoms with Crippen molar-refractivity contribution in [3.8, 4) is 0 Å². The van der Waals surface area contributed by atoms with Crippen molar-refractivity contribution in [2.45, 2.75) is 26.8 Å². The number of ether oxygens (including phenoxy) is 1. The van der Waals surface area contributed by atoms with Gasteiger partial charge in [0.1, 0.15) is 11.4 Å². The van der Waals surface area contributed by atoms with Crippen LogP contribution in [-0.4, -0.2) is 35.8 Å². The Kier molecular flexibility index (Phi) is 5.09. The number of nitrogens with one attached hydrogen (secondary N) is 1. The summed E-state index contributed by atoms with van der Waals surface area (Å²) < 4.78 is 5.13. The highest BCUT2D eigenvalue weighted by Gasteiger charge is 2.18. The number of hydrogen-bond donors (Lipinski definition) is 2. The van der Waals surface area contributed by atoms with E-state index in [0.29, 0.717) is 18.3 Å². The Balaban J connectivity index is 3.00. The van der Waals surface area contributed by atoms with Gasteiger partial charge in [-0.25, -0.2) is 9.78 Å². The van der Waals surface area contributed by atoms with E-state index in [2.05, 4.69) is 10.3 Å². The molecule has 0 saturated heterocycles. The molecule has 5 heteroatoms. The van der Waals surface area contributed by atoms with Crippen LogP contribution in [0.15, 0.2) is 12.1 Å². The van der Waals surface area contributed by atoms with Gasteiger partial charge in [-0.15, -0.1) is 0 Å². The van der Waals surface area contributed by atoms with Crippen LogP contribution >= 0.6 is 0 Å². The number of carbonyl (C=O) groups is 1. The Labute approximate surface area is 107 Å². The van der Waals surface area contributed by atoms with Gasteiger partial charge in [-0.3, -0.25) is 0 Å². The first-order valence-corrected chi connectivity index (χ1v) is 5.92. The summed E-state index contributed by atoms with van der Waals surface area (Å²) in [5.41, 5.74) is 0.963. The van der Waals surface area contributed by atoms with Gasteiger partial charge < -0.3 is 15.2 Å². The predicted molar refractivity (Wildman–Crippen MR) is 70.1 cm³/mol. The number of aromatic carboxylic acids is 1. The highest BCUT2D eigenvalue weighted by Crippen LogP contribution is 2.17. The zero-order valence-corrected chi connectivity index (χ0v) is 11.2. The molecule has 0 amide bonds. The molecule has 0 spiro atoms. The van der Waals surface area contributed by atoms with Crippen LogP contribution < -0.4 is 5.32 Å². The fraction of sp³-hybridized carbons (Fsp3) is 0.538. The van der Waals surface area contributed by atoms with Gasteiger partial charge in [-0.1, -0.05) is 13.8 Å². The van der Waals surface area contributed by atoms with Crippen molar-refractivity contribution in [2.24, 2.45) is 5.92 Å². The van der Waals surface area contributed by atoms with Crippen LogP contribution in [-0.2, 0) is 4.74 Å². The molecular formula is C13H20N2O3. The number of methoxy groups -OCH3 is 1. The molecule has 5 nitrogen and oxygen atoms in total. The molecular weight excluding hydrogens is 232 g/mol. The first-order valence-electron chi connectivity index (χ1n) is 5.92. The zero-order chi connectivity index (χ0) is 13.7. The molecule has 1 heterocycles. The van der Waals surface area contributed by atoms with Crippen LogP contribution in [0.5, 0.6) is 0 Å². The summed E-state index contributed by atoms with van der Waals surface area (Å²) in [5.74, 6) is -0.267. The van der Waals surface area contributed by atoms with Gasteiger partial charge in [0.2, 0.25) is 0 Å². The van der Waals surface area contributed by atoms with E-state index in [-0.39, 0.29) is 11.6 Å². The van der Waals surface area contributed by atoms with Gasteiger partial charge in [0.05, 0.1) is 12.6 Å². The van der Waals surface area contributed by atoms with Gasteiger partial charge in [0, 0.05) is 12.8 Å². The van der Waals surface area contributed by atoms with Crippen LogP contribution in [0.4, 0.5) is 5.82 Å². The first kappa shape index (κ1) is 14.4. The number of aryl methyl sites for hydroxylation is 1. The largest absolute Gasteiger partial charge is 0.478 e. The lowest BCUT2D eigenvalue weighted by atomic mass is 10.0. The molecule has 0 aliphatic heterocycles. The van der Waals surface area contributed by atoms with Crippen LogP contribution in [0.25, 0.3) is 0 Å². The summed E-state index contributed by atoms with van der Waals surface area (Å²) in [7, 11) is 1.62. The Morgan fingerprint density at radius 2 is 2.17 bits per heavy atom. The van der Waals surface area contributed by atoms with Crippen LogP contribution in [0.2, 0.25) is 0 Å². The average molecular weight is 252 g/mol. The third-order valence-electron chi connectivity index (χ3n) is 2.74. The van der Waals surface area contributed by atoms with Crippen molar-refractivity contribution in [2.75, 3.05) is 19.0 Å². The summed E-state index contributed by atoms with van der Waals surface area (Å²) >= 11 is 0. The van der Waals surface area contributed by atoms with Crippen molar-refractivity contribution in [3.05, 3.63) is 23.4 Å². The average Bonchev–Trinajstić information content (AvgIpc) is 2.28. The number of carboxylic acid groups (broad SMARTS) is 1. The summed E-state index contributed by atoms with van der Waals surface area (Å²) in [6.07, 6.45) is 0. The Morgan fingerprint density at radius 1 is 1.50 bits per heavy atom. The highest BCUT2D eigenvalue weighted by atomic mass is 16.5. The van der Waals surface area contributed by atoms with E-state index in [1.165, 1.54) is 0 Å². The Hall–Kier alpha value is -1.62. The molecule has 1 unspecified atom stereocenters. The molecule has 1 rings (SSSR count). The van der Waals surface area contributed by atoms with Crippen molar-refractivity contribution < 1.29 is 14.6 Å². The maximum absolute atomic E-state index is 11.1. The van der Waals surface area contributed by atoms with Crippen molar-refractivity contribution in [1.82, 2.24) is 4.98 Å². The summed E-state index contributed by atoms with van der Waals surface area (Å²) in [6.45, 7) is 6.43. The molecule has 18 heavy (non-hydrogen) atoms. The standard InChI is InChI=1S/C13H20N2O3/c1-8(2)11(7-18-4)15-12-10(13(16)17)6-5-9(3)14-12/h5-6,8,11H,7H2,1-4H3,(H,14,15)(H,16,17). The van der Waals surface area contributed by atoms with E-state index in [9.17, 15) is 4.79 Å². The van der Waals surface area contributed by atoms with E-state index in [4.69, 9.17) is 9.84 Å². The molecule has 1 aromatic rings. The van der Waals surface area contributed by atoms with Crippen LogP contribution in [0, 0.1) is 12.8 Å². The lowest BCUT2D eigenvalue weighted by Crippen LogP contribution is -2.31. The van der Waals surface area contributed by atoms with E-state index in [0.717, 1.165) is 5.69 Å². The number of aromatic nitrogens is 1. The quantitative estimate of drug-likeness (QED) is 0.812. The minimum atomic E-state index is -0.982. The minimum absolute atomic E-state index is 0.0300. The molecule has 0 aliphatic rings. The zero-order valence-electron chi connectivity index (χ0n) is 11.2. The second kappa shape index (κ2) is 6.35. The van der Waals surface area contributed by atoms with Crippen molar-refractivity contribution >= 4 is 11.8 Å². The number of anilines is 1. The topological polar surface area (TPSA) is 71.5 Å². The van der Waals surface area contributed by atoms with E-state index >= 15 is 0 Å². The molecule has 1 aromatic heterocycles. The molecule has 0 aliphatic carbocycles. The third kappa shape index (κ3) is 3.70. The maximum Gasteiger partial charge on any atom is 0.339 e. The summed E-state index contributed by atoms with van der Waals surface area (Å²) in [6, 6.07) is 3.29. The molecule has 0 bridgehead atoms. The fourth-order valence-electron chi connectivity index (χ4n) is 1.60.